The van der Waals surface area contributed by atoms with Gasteiger partial charge in [-0.25, -0.2) is 0 Å². The Kier molecular flexibility index (Phi) is 6.25. The minimum atomic E-state index is -0.999. The number of rotatable bonds is 2. The molecule has 262 valence electrons. The van der Waals surface area contributed by atoms with Gasteiger partial charge >= 0.3 is 0 Å². The zero-order valence-corrected chi connectivity index (χ0v) is 29.1. The molecule has 11 rings (SSSR count). The SMILES string of the molecule is Oc1c(O)c(O)c(-c2c3ccccc3c(-c3ccc4c(c3)C3(c5ccccc5Oc5ccccc53)c3ccc5ccccc5c3-4)c3ccccc23)c(O)c1O. The standard InChI is InChI=1S/C49H30O6/c50-44-43(45(51)47(53)48(54)46(44)52)42-31-15-5-3-13-29(31)40(30-14-4-6-16-32(30)42)27-21-23-33-37(25-27)49(36-24-22-26-11-1-2-12-28(26)41(33)36)34-17-7-9-19-38(34)55-39-20-10-8-18-35(39)49/h1-25,50-54H. The lowest BCUT2D eigenvalue weighted by molar-refractivity contribution is 0.330. The summed E-state index contributed by atoms with van der Waals surface area (Å²) in [5.41, 5.74) is 8.16. The average Bonchev–Trinajstić information content (AvgIpc) is 3.52. The first-order chi connectivity index (χ1) is 26.9. The second kappa shape index (κ2) is 11.0. The van der Waals surface area contributed by atoms with Crippen LogP contribution in [0.25, 0.3) is 65.7 Å². The van der Waals surface area contributed by atoms with Gasteiger partial charge in [0, 0.05) is 16.7 Å². The first-order valence-corrected chi connectivity index (χ1v) is 18.1. The van der Waals surface area contributed by atoms with E-state index < -0.39 is 34.2 Å². The number of fused-ring (bicyclic) bond motifs is 13. The molecular formula is C49H30O6. The number of aromatic hydroxyl groups is 5. The summed E-state index contributed by atoms with van der Waals surface area (Å²) in [5.74, 6) is -2.71. The Morgan fingerprint density at radius 3 is 1.44 bits per heavy atom. The van der Waals surface area contributed by atoms with Crippen LogP contribution in [-0.2, 0) is 5.41 Å². The van der Waals surface area contributed by atoms with E-state index in [0.717, 1.165) is 61.0 Å². The second-order valence-electron chi connectivity index (χ2n) is 14.3. The molecule has 9 aromatic carbocycles. The molecule has 0 radical (unpaired) electrons. The van der Waals surface area contributed by atoms with Gasteiger partial charge in [0.15, 0.2) is 11.5 Å². The predicted octanol–water partition coefficient (Wildman–Crippen LogP) is 11.5. The van der Waals surface area contributed by atoms with E-state index >= 15 is 0 Å². The fourth-order valence-corrected chi connectivity index (χ4v) is 9.45. The molecule has 2 aliphatic rings. The molecule has 55 heavy (non-hydrogen) atoms. The van der Waals surface area contributed by atoms with Crippen molar-refractivity contribution in [3.8, 4) is 73.6 Å². The third kappa shape index (κ3) is 3.92. The third-order valence-corrected chi connectivity index (χ3v) is 11.7. The van der Waals surface area contributed by atoms with Gasteiger partial charge in [0.1, 0.15) is 11.5 Å². The van der Waals surface area contributed by atoms with Crippen molar-refractivity contribution in [3.05, 3.63) is 174 Å². The van der Waals surface area contributed by atoms with Gasteiger partial charge in [-0.15, -0.1) is 0 Å². The van der Waals surface area contributed by atoms with Crippen LogP contribution in [0.1, 0.15) is 22.3 Å². The normalized spacial score (nSPS) is 13.4. The van der Waals surface area contributed by atoms with Crippen molar-refractivity contribution in [2.24, 2.45) is 0 Å². The minimum absolute atomic E-state index is 0.183. The summed E-state index contributed by atoms with van der Waals surface area (Å²) in [6, 6.07) is 51.7. The summed E-state index contributed by atoms with van der Waals surface area (Å²) < 4.78 is 6.62. The maximum atomic E-state index is 11.2. The smallest absolute Gasteiger partial charge is 0.208 e. The quantitative estimate of drug-likeness (QED) is 0.0693. The Bertz CT molecular complexity index is 3010. The van der Waals surface area contributed by atoms with Crippen LogP contribution in [0.5, 0.6) is 40.2 Å². The lowest BCUT2D eigenvalue weighted by Crippen LogP contribution is -2.32. The van der Waals surface area contributed by atoms with Crippen LogP contribution in [0, 0.1) is 0 Å². The van der Waals surface area contributed by atoms with Crippen LogP contribution in [0.4, 0.5) is 0 Å². The highest BCUT2D eigenvalue weighted by Crippen LogP contribution is 2.64. The van der Waals surface area contributed by atoms with E-state index in [0.29, 0.717) is 16.3 Å². The summed E-state index contributed by atoms with van der Waals surface area (Å²) in [5, 5.41) is 59.3. The fourth-order valence-electron chi connectivity index (χ4n) is 9.45. The van der Waals surface area contributed by atoms with Gasteiger partial charge in [-0.1, -0.05) is 133 Å². The average molecular weight is 715 g/mol. The summed E-state index contributed by atoms with van der Waals surface area (Å²) in [6.45, 7) is 0. The Hall–Kier alpha value is -7.44. The Morgan fingerprint density at radius 1 is 0.345 bits per heavy atom. The molecule has 0 atom stereocenters. The molecule has 1 spiro atoms. The van der Waals surface area contributed by atoms with Crippen molar-refractivity contribution < 1.29 is 30.3 Å². The van der Waals surface area contributed by atoms with Gasteiger partial charge in [-0.2, -0.15) is 0 Å². The zero-order chi connectivity index (χ0) is 37.2. The molecule has 0 aromatic heterocycles. The van der Waals surface area contributed by atoms with E-state index in [2.05, 4.69) is 78.9 Å². The number of hydrogen-bond donors (Lipinski definition) is 5. The van der Waals surface area contributed by atoms with Crippen molar-refractivity contribution in [2.45, 2.75) is 5.41 Å². The third-order valence-electron chi connectivity index (χ3n) is 11.7. The highest BCUT2D eigenvalue weighted by atomic mass is 16.5. The molecule has 0 saturated carbocycles. The molecule has 0 fully saturated rings. The molecule has 5 N–H and O–H groups in total. The minimum Gasteiger partial charge on any atom is -0.504 e. The fraction of sp³-hybridized carbons (Fsp3) is 0.0204. The maximum absolute atomic E-state index is 11.2. The molecule has 1 heterocycles. The summed E-state index contributed by atoms with van der Waals surface area (Å²) in [7, 11) is 0. The molecular weight excluding hydrogens is 685 g/mol. The first-order valence-electron chi connectivity index (χ1n) is 18.1. The lowest BCUT2D eigenvalue weighted by Gasteiger charge is -2.39. The molecule has 0 unspecified atom stereocenters. The number of phenolic OH excluding ortho intramolecular Hbond substituents is 5. The molecule has 0 saturated heterocycles. The summed E-state index contributed by atoms with van der Waals surface area (Å²) in [4.78, 5) is 0. The summed E-state index contributed by atoms with van der Waals surface area (Å²) >= 11 is 0. The lowest BCUT2D eigenvalue weighted by atomic mass is 9.65. The zero-order valence-electron chi connectivity index (χ0n) is 29.1. The number of hydrogen-bond acceptors (Lipinski definition) is 6. The van der Waals surface area contributed by atoms with Gasteiger partial charge in [0.2, 0.25) is 17.2 Å². The van der Waals surface area contributed by atoms with E-state index in [4.69, 9.17) is 4.74 Å². The molecule has 6 nitrogen and oxygen atoms in total. The van der Waals surface area contributed by atoms with Crippen LogP contribution in [-0.4, -0.2) is 25.5 Å². The second-order valence-corrected chi connectivity index (χ2v) is 14.3. The van der Waals surface area contributed by atoms with E-state index in [1.165, 1.54) is 16.5 Å². The van der Waals surface area contributed by atoms with Crippen LogP contribution in [0.2, 0.25) is 0 Å². The Balaban J connectivity index is 1.28. The van der Waals surface area contributed by atoms with E-state index in [1.54, 1.807) is 0 Å². The van der Waals surface area contributed by atoms with Crippen LogP contribution in [0.3, 0.4) is 0 Å². The first kappa shape index (κ1) is 31.1. The monoisotopic (exact) mass is 714 g/mol. The number of para-hydroxylation sites is 2. The van der Waals surface area contributed by atoms with E-state index in [1.807, 2.05) is 72.8 Å². The molecule has 1 aliphatic heterocycles. The molecule has 9 aromatic rings. The number of phenols is 5. The molecule has 0 amide bonds. The highest BCUT2D eigenvalue weighted by molar-refractivity contribution is 6.23. The maximum Gasteiger partial charge on any atom is 0.208 e. The van der Waals surface area contributed by atoms with Crippen molar-refractivity contribution in [1.29, 1.82) is 0 Å². The van der Waals surface area contributed by atoms with Gasteiger partial charge in [-0.05, 0) is 83.9 Å². The van der Waals surface area contributed by atoms with Crippen LogP contribution < -0.4 is 4.74 Å². The van der Waals surface area contributed by atoms with Crippen LogP contribution in [0.15, 0.2) is 152 Å². The molecule has 1 aliphatic carbocycles. The van der Waals surface area contributed by atoms with Crippen LogP contribution >= 0.6 is 0 Å². The largest absolute Gasteiger partial charge is 0.504 e. The summed E-state index contributed by atoms with van der Waals surface area (Å²) in [6.07, 6.45) is 0. The predicted molar refractivity (Wildman–Crippen MR) is 216 cm³/mol. The van der Waals surface area contributed by atoms with Gasteiger partial charge in [0.05, 0.1) is 11.0 Å². The Morgan fingerprint density at radius 2 is 0.836 bits per heavy atom. The van der Waals surface area contributed by atoms with Gasteiger partial charge in [-0.3, -0.25) is 0 Å². The van der Waals surface area contributed by atoms with E-state index in [9.17, 15) is 25.5 Å². The number of benzene rings is 9. The van der Waals surface area contributed by atoms with Crippen molar-refractivity contribution in [1.82, 2.24) is 0 Å². The van der Waals surface area contributed by atoms with E-state index in [-0.39, 0.29) is 5.56 Å². The van der Waals surface area contributed by atoms with Crippen molar-refractivity contribution in [3.63, 3.8) is 0 Å². The van der Waals surface area contributed by atoms with Crippen molar-refractivity contribution in [2.75, 3.05) is 0 Å². The number of ether oxygens (including phenoxy) is 1. The van der Waals surface area contributed by atoms with Crippen molar-refractivity contribution >= 4 is 32.3 Å². The van der Waals surface area contributed by atoms with Gasteiger partial charge < -0.3 is 30.3 Å². The van der Waals surface area contributed by atoms with Gasteiger partial charge in [0.25, 0.3) is 0 Å². The highest BCUT2D eigenvalue weighted by Gasteiger charge is 2.51. The topological polar surface area (TPSA) is 110 Å². The molecule has 6 heteroatoms. The Labute approximate surface area is 314 Å². The molecule has 0 bridgehead atoms.